The van der Waals surface area contributed by atoms with Gasteiger partial charge in [0.05, 0.1) is 39.9 Å². The second-order valence-corrected chi connectivity index (χ2v) is 14.3. The maximum atomic E-state index is 14.5. The molecule has 2 aliphatic heterocycles. The molecule has 0 bridgehead atoms. The van der Waals surface area contributed by atoms with E-state index in [0.717, 1.165) is 39.4 Å². The summed E-state index contributed by atoms with van der Waals surface area (Å²) >= 11 is 6.16. The number of hydrogen-bond donors (Lipinski definition) is 2. The molecule has 1 fully saturated rings. The number of halogens is 4. The molecule has 2 amide bonds. The average molecular weight is 780 g/mol. The Balaban J connectivity index is 1.28. The molecule has 14 nitrogen and oxygen atoms in total. The molecular formula is C37H37ClF3N9O5. The highest BCUT2D eigenvalue weighted by Crippen LogP contribution is 2.40. The molecule has 2 aliphatic rings. The van der Waals surface area contributed by atoms with Gasteiger partial charge in [0.2, 0.25) is 11.7 Å². The van der Waals surface area contributed by atoms with Crippen LogP contribution < -0.4 is 15.8 Å². The first-order chi connectivity index (χ1) is 26.0. The van der Waals surface area contributed by atoms with Crippen LogP contribution in [0.15, 0.2) is 41.5 Å². The van der Waals surface area contributed by atoms with Crippen LogP contribution >= 0.6 is 11.6 Å². The number of aromatic nitrogens is 6. The summed E-state index contributed by atoms with van der Waals surface area (Å²) < 4.78 is 48.6. The number of aryl methyl sites for hydroxylation is 1. The van der Waals surface area contributed by atoms with Gasteiger partial charge < -0.3 is 29.5 Å². The van der Waals surface area contributed by atoms with E-state index in [1.807, 2.05) is 44.7 Å². The Kier molecular flexibility index (Phi) is 9.57. The molecule has 0 saturated carbocycles. The smallest absolute Gasteiger partial charge is 0.416 e. The summed E-state index contributed by atoms with van der Waals surface area (Å²) in [5, 5.41) is 17.4. The van der Waals surface area contributed by atoms with Crippen LogP contribution in [0.3, 0.4) is 0 Å². The molecule has 7 rings (SSSR count). The Morgan fingerprint density at radius 2 is 1.80 bits per heavy atom. The van der Waals surface area contributed by atoms with Crippen LogP contribution in [0.2, 0.25) is 5.02 Å². The first-order valence-corrected chi connectivity index (χ1v) is 17.9. The molecule has 5 aromatic rings. The van der Waals surface area contributed by atoms with Gasteiger partial charge in [-0.25, -0.2) is 9.97 Å². The summed E-state index contributed by atoms with van der Waals surface area (Å²) in [7, 11) is 0. The van der Waals surface area contributed by atoms with Gasteiger partial charge >= 0.3 is 6.18 Å². The van der Waals surface area contributed by atoms with E-state index in [2.05, 4.69) is 20.4 Å². The number of anilines is 2. The Bertz CT molecular complexity index is 2440. The Hall–Kier alpha value is -5.55. The van der Waals surface area contributed by atoms with Crippen LogP contribution in [0.5, 0.6) is 5.75 Å². The molecule has 0 atom stereocenters. The number of rotatable bonds is 7. The predicted molar refractivity (Wildman–Crippen MR) is 196 cm³/mol. The van der Waals surface area contributed by atoms with Crippen LogP contribution in [-0.2, 0) is 40.9 Å². The number of nitrogens with zero attached hydrogens (tertiary/aromatic N) is 8. The number of aromatic hydroxyl groups is 1. The number of amides is 2. The third-order valence-corrected chi connectivity index (χ3v) is 10.5. The molecule has 5 heterocycles. The molecule has 288 valence electrons. The molecule has 0 aliphatic carbocycles. The van der Waals surface area contributed by atoms with Crippen molar-refractivity contribution in [3.8, 4) is 17.1 Å². The molecule has 0 radical (unpaired) electrons. The lowest BCUT2D eigenvalue weighted by Gasteiger charge is -2.36. The molecule has 0 spiro atoms. The number of hydrogen-bond acceptors (Lipinski definition) is 10. The highest BCUT2D eigenvalue weighted by Gasteiger charge is 2.35. The number of nitrogens with one attached hydrogen (secondary N) is 1. The molecule has 2 aromatic carbocycles. The number of alkyl halides is 3. The van der Waals surface area contributed by atoms with Crippen LogP contribution in [0.1, 0.15) is 64.9 Å². The van der Waals surface area contributed by atoms with Crippen molar-refractivity contribution in [1.82, 2.24) is 34.0 Å². The van der Waals surface area contributed by atoms with Crippen LogP contribution in [-0.4, -0.2) is 77.1 Å². The minimum absolute atomic E-state index is 0.0261. The standard InChI is InChI=1S/C37H37ClF3N9O5/c1-6-27-30(47-11-13-48(14-12-47)33(53)29-31(52)20(3)42-18-43-29)34(54)50-35(45-32(46-50)22-8-9-24-23(19(22)2)17-55-36(24,4)5)49(27)16-28(51)44-26-10-7-21(15-25(26)38)37(39,40)41/h7-10,15,18,52H,6,11-14,16-17H2,1-5H3,(H,44,51). The van der Waals surface area contributed by atoms with E-state index in [0.29, 0.717) is 17.9 Å². The lowest BCUT2D eigenvalue weighted by atomic mass is 9.91. The maximum Gasteiger partial charge on any atom is 0.416 e. The molecule has 2 N–H and O–H groups in total. The predicted octanol–water partition coefficient (Wildman–Crippen LogP) is 5.27. The third-order valence-electron chi connectivity index (χ3n) is 10.2. The van der Waals surface area contributed by atoms with Crippen molar-refractivity contribution < 1.29 is 32.6 Å². The maximum absolute atomic E-state index is 14.5. The van der Waals surface area contributed by atoms with Crippen molar-refractivity contribution in [3.05, 3.63) is 91.4 Å². The van der Waals surface area contributed by atoms with Crippen molar-refractivity contribution in [1.29, 1.82) is 0 Å². The van der Waals surface area contributed by atoms with Crippen molar-refractivity contribution in [3.63, 3.8) is 0 Å². The van der Waals surface area contributed by atoms with Gasteiger partial charge in [0, 0.05) is 31.7 Å². The van der Waals surface area contributed by atoms with Crippen LogP contribution in [0, 0.1) is 13.8 Å². The quantitative estimate of drug-likeness (QED) is 0.223. The minimum Gasteiger partial charge on any atom is -0.504 e. The van der Waals surface area contributed by atoms with E-state index in [-0.39, 0.29) is 77.7 Å². The topological polar surface area (TPSA) is 160 Å². The van der Waals surface area contributed by atoms with E-state index in [1.165, 1.54) is 11.2 Å². The SMILES string of the molecule is CCc1c(N2CCN(C(=O)c3ncnc(C)c3O)CC2)c(=O)n2nc(-c3ccc4c(c3C)COC4(C)C)nc2n1CC(=O)Nc1ccc(C(F)(F)F)cc1Cl. The zero-order chi connectivity index (χ0) is 39.6. The largest absolute Gasteiger partial charge is 0.504 e. The first-order valence-electron chi connectivity index (χ1n) is 17.5. The normalized spacial score (nSPS) is 15.4. The molecule has 55 heavy (non-hydrogen) atoms. The van der Waals surface area contributed by atoms with Gasteiger partial charge in [-0.3, -0.25) is 14.4 Å². The minimum atomic E-state index is -4.62. The zero-order valence-corrected chi connectivity index (χ0v) is 31.3. The first kappa shape index (κ1) is 37.8. The number of ether oxygens (including phenoxy) is 1. The third kappa shape index (κ3) is 6.75. The Labute approximate surface area is 317 Å². The molecule has 1 saturated heterocycles. The Morgan fingerprint density at radius 3 is 2.47 bits per heavy atom. The fourth-order valence-corrected chi connectivity index (χ4v) is 7.38. The average Bonchev–Trinajstić information content (AvgIpc) is 3.72. The summed E-state index contributed by atoms with van der Waals surface area (Å²) in [4.78, 5) is 57.5. The second-order valence-electron chi connectivity index (χ2n) is 13.9. The van der Waals surface area contributed by atoms with E-state index in [9.17, 15) is 32.7 Å². The van der Waals surface area contributed by atoms with Gasteiger partial charge in [0.1, 0.15) is 18.6 Å². The van der Waals surface area contributed by atoms with E-state index in [4.69, 9.17) is 21.3 Å². The molecule has 0 unspecified atom stereocenters. The van der Waals surface area contributed by atoms with E-state index >= 15 is 0 Å². The van der Waals surface area contributed by atoms with Crippen molar-refractivity contribution in [2.45, 2.75) is 66.0 Å². The van der Waals surface area contributed by atoms with Gasteiger partial charge in [-0.15, -0.1) is 5.10 Å². The highest BCUT2D eigenvalue weighted by atomic mass is 35.5. The number of piperazine rings is 1. The van der Waals surface area contributed by atoms with Crippen molar-refractivity contribution >= 4 is 40.6 Å². The fraction of sp³-hybridized carbons (Fsp3) is 0.378. The lowest BCUT2D eigenvalue weighted by Crippen LogP contribution is -2.51. The van der Waals surface area contributed by atoms with E-state index in [1.54, 1.807) is 11.5 Å². The number of carbonyl (C=O) groups excluding carboxylic acids is 2. The lowest BCUT2D eigenvalue weighted by molar-refractivity contribution is -0.137. The number of carbonyl (C=O) groups is 2. The summed E-state index contributed by atoms with van der Waals surface area (Å²) in [6.07, 6.45) is -3.15. The Morgan fingerprint density at radius 1 is 1.07 bits per heavy atom. The van der Waals surface area contributed by atoms with Crippen molar-refractivity contribution in [2.75, 3.05) is 36.4 Å². The van der Waals surface area contributed by atoms with Gasteiger partial charge in [-0.1, -0.05) is 30.7 Å². The molecule has 3 aromatic heterocycles. The molecule has 18 heteroatoms. The number of fused-ring (bicyclic) bond motifs is 2. The second kappa shape index (κ2) is 13.9. The summed E-state index contributed by atoms with van der Waals surface area (Å²) in [5.74, 6) is -1.10. The van der Waals surface area contributed by atoms with Crippen LogP contribution in [0.4, 0.5) is 24.5 Å². The summed E-state index contributed by atoms with van der Waals surface area (Å²) in [6.45, 7) is 10.1. The summed E-state index contributed by atoms with van der Waals surface area (Å²) in [6, 6.07) is 6.47. The van der Waals surface area contributed by atoms with E-state index < -0.39 is 41.3 Å². The van der Waals surface area contributed by atoms with Crippen LogP contribution in [0.25, 0.3) is 17.2 Å². The highest BCUT2D eigenvalue weighted by molar-refractivity contribution is 6.33. The van der Waals surface area contributed by atoms with Gasteiger partial charge in [-0.05, 0) is 69.0 Å². The zero-order valence-electron chi connectivity index (χ0n) is 30.6. The number of benzene rings is 2. The van der Waals surface area contributed by atoms with Gasteiger partial charge in [0.25, 0.3) is 11.5 Å². The monoisotopic (exact) mass is 779 g/mol. The van der Waals surface area contributed by atoms with Gasteiger partial charge in [0.15, 0.2) is 17.3 Å². The fourth-order valence-electron chi connectivity index (χ4n) is 7.16. The molecular weight excluding hydrogens is 743 g/mol. The van der Waals surface area contributed by atoms with Gasteiger partial charge in [-0.2, -0.15) is 22.7 Å². The summed E-state index contributed by atoms with van der Waals surface area (Å²) in [5.41, 5.74) is 2.48. The van der Waals surface area contributed by atoms with Crippen molar-refractivity contribution in [2.24, 2.45) is 0 Å².